The van der Waals surface area contributed by atoms with Crippen molar-refractivity contribution in [3.63, 3.8) is 0 Å². The van der Waals surface area contributed by atoms with Crippen LogP contribution in [0, 0.1) is 0 Å². The van der Waals surface area contributed by atoms with Crippen molar-refractivity contribution in [1.82, 2.24) is 20.6 Å². The van der Waals surface area contributed by atoms with E-state index in [-0.39, 0.29) is 6.09 Å². The number of aromatic nitrogens is 2. The lowest BCUT2D eigenvalue weighted by molar-refractivity contribution is 0.0412. The standard InChI is InChI=1S/C40H46N6O2/c1-39(2,3)48-38(47)46-40(19-5-4-6-20-40)37-44-33-18-15-29-22-27(13-16-31(29)36(33)45-37)25-9-11-26(12-10-25)28-14-17-32-34(23-28)43-35(42-32)24-30-8-7-21-41-30/h9-14,16-17,22-24,30,41-43H,4-8,15,18-21H2,1-3H3,(H,44,45)(H,46,47). The van der Waals surface area contributed by atoms with E-state index in [1.54, 1.807) is 0 Å². The predicted octanol–water partition coefficient (Wildman–Crippen LogP) is 8.62. The second-order valence-corrected chi connectivity index (χ2v) is 14.9. The number of alkyl carbamates (subject to hydrolysis) is 1. The first-order valence-electron chi connectivity index (χ1n) is 17.7. The van der Waals surface area contributed by atoms with Crippen LogP contribution in [0.4, 0.5) is 16.2 Å². The van der Waals surface area contributed by atoms with Crippen molar-refractivity contribution in [2.75, 3.05) is 17.2 Å². The fraction of sp³-hybridized carbons (Fsp3) is 0.400. The molecule has 1 saturated heterocycles. The largest absolute Gasteiger partial charge is 0.444 e. The zero-order valence-corrected chi connectivity index (χ0v) is 28.3. The number of hydrogen-bond acceptors (Lipinski definition) is 6. The lowest BCUT2D eigenvalue weighted by atomic mass is 9.81. The number of ether oxygens (including phenoxy) is 1. The number of carbonyl (C=O) groups excluding carboxylic acids is 1. The van der Waals surface area contributed by atoms with E-state index in [0.717, 1.165) is 79.5 Å². The van der Waals surface area contributed by atoms with E-state index >= 15 is 0 Å². The SMILES string of the molecule is CC(C)(C)OC(=O)NC1(c2nc3c([nH]2)CCc2cc(-c4ccc(-c5ccc6c(c5)NC(=CC5CCCN5)N6)cc4)ccc2-3)CCCCC1. The molecule has 2 fully saturated rings. The second kappa shape index (κ2) is 12.2. The Morgan fingerprint density at radius 3 is 2.31 bits per heavy atom. The number of rotatable bonds is 5. The van der Waals surface area contributed by atoms with Crippen molar-refractivity contribution in [2.24, 2.45) is 0 Å². The summed E-state index contributed by atoms with van der Waals surface area (Å²) in [6, 6.07) is 22.7. The van der Waals surface area contributed by atoms with Crippen molar-refractivity contribution in [2.45, 2.75) is 95.7 Å². The van der Waals surface area contributed by atoms with Gasteiger partial charge in [-0.25, -0.2) is 9.78 Å². The van der Waals surface area contributed by atoms with Crippen molar-refractivity contribution in [3.05, 3.63) is 89.6 Å². The average molecular weight is 643 g/mol. The molecule has 3 aromatic carbocycles. The Hall–Kier alpha value is -4.56. The number of amides is 1. The molecular formula is C40H46N6O2. The van der Waals surface area contributed by atoms with Crippen LogP contribution in [0.2, 0.25) is 0 Å². The van der Waals surface area contributed by atoms with Gasteiger partial charge in [-0.1, -0.05) is 67.8 Å². The van der Waals surface area contributed by atoms with Gasteiger partial charge < -0.3 is 31.0 Å². The highest BCUT2D eigenvalue weighted by Gasteiger charge is 2.40. The predicted molar refractivity (Wildman–Crippen MR) is 193 cm³/mol. The minimum Gasteiger partial charge on any atom is -0.444 e. The van der Waals surface area contributed by atoms with Gasteiger partial charge in [-0.3, -0.25) is 0 Å². The second-order valence-electron chi connectivity index (χ2n) is 14.9. The quantitative estimate of drug-likeness (QED) is 0.149. The number of aryl methyl sites for hydroxylation is 2. The molecule has 1 saturated carbocycles. The lowest BCUT2D eigenvalue weighted by Gasteiger charge is -2.36. The molecule has 248 valence electrons. The van der Waals surface area contributed by atoms with Crippen LogP contribution in [-0.4, -0.2) is 34.2 Å². The summed E-state index contributed by atoms with van der Waals surface area (Å²) in [5, 5.41) is 13.9. The summed E-state index contributed by atoms with van der Waals surface area (Å²) >= 11 is 0. The van der Waals surface area contributed by atoms with Crippen LogP contribution >= 0.6 is 0 Å². The molecule has 5 N–H and O–H groups in total. The maximum Gasteiger partial charge on any atom is 0.408 e. The third kappa shape index (κ3) is 6.10. The van der Waals surface area contributed by atoms with Crippen LogP contribution in [0.15, 0.2) is 72.6 Å². The van der Waals surface area contributed by atoms with E-state index in [1.807, 2.05) is 20.8 Å². The number of benzene rings is 3. The van der Waals surface area contributed by atoms with Crippen molar-refractivity contribution >= 4 is 17.5 Å². The van der Waals surface area contributed by atoms with Crippen LogP contribution < -0.4 is 21.3 Å². The number of nitrogens with zero attached hydrogens (tertiary/aromatic N) is 1. The number of anilines is 2. The lowest BCUT2D eigenvalue weighted by Crippen LogP contribution is -2.49. The van der Waals surface area contributed by atoms with E-state index in [9.17, 15) is 4.79 Å². The first kappa shape index (κ1) is 30.8. The Kier molecular flexibility index (Phi) is 7.79. The molecule has 1 aromatic heterocycles. The molecule has 4 aliphatic rings. The van der Waals surface area contributed by atoms with E-state index in [1.165, 1.54) is 52.6 Å². The monoisotopic (exact) mass is 642 g/mol. The number of H-pyrrole nitrogens is 1. The zero-order chi connectivity index (χ0) is 32.9. The maximum atomic E-state index is 12.9. The van der Waals surface area contributed by atoms with Crippen LogP contribution in [0.1, 0.15) is 82.8 Å². The topological polar surface area (TPSA) is 103 Å². The minimum absolute atomic E-state index is 0.377. The Morgan fingerprint density at radius 1 is 0.875 bits per heavy atom. The van der Waals surface area contributed by atoms with Gasteiger partial charge in [-0.15, -0.1) is 0 Å². The van der Waals surface area contributed by atoms with E-state index in [2.05, 4.69) is 93.0 Å². The normalized spacial score (nSPS) is 20.3. The van der Waals surface area contributed by atoms with Crippen molar-refractivity contribution in [1.29, 1.82) is 0 Å². The number of aromatic amines is 1. The van der Waals surface area contributed by atoms with Gasteiger partial charge in [0.1, 0.15) is 22.8 Å². The van der Waals surface area contributed by atoms with Gasteiger partial charge in [0, 0.05) is 17.3 Å². The first-order valence-corrected chi connectivity index (χ1v) is 17.7. The number of carbonyl (C=O) groups is 1. The Bertz CT molecular complexity index is 1870. The molecule has 0 radical (unpaired) electrons. The highest BCUT2D eigenvalue weighted by molar-refractivity contribution is 5.84. The molecule has 2 aliphatic carbocycles. The molecule has 3 heterocycles. The highest BCUT2D eigenvalue weighted by atomic mass is 16.6. The summed E-state index contributed by atoms with van der Waals surface area (Å²) in [4.78, 5) is 21.8. The number of fused-ring (bicyclic) bond motifs is 4. The van der Waals surface area contributed by atoms with E-state index < -0.39 is 11.1 Å². The third-order valence-corrected chi connectivity index (χ3v) is 10.3. The van der Waals surface area contributed by atoms with Gasteiger partial charge in [-0.05, 0) is 112 Å². The summed E-state index contributed by atoms with van der Waals surface area (Å²) in [7, 11) is 0. The summed E-state index contributed by atoms with van der Waals surface area (Å²) in [5.41, 5.74) is 10.6. The van der Waals surface area contributed by atoms with Crippen LogP contribution in [-0.2, 0) is 23.1 Å². The Morgan fingerprint density at radius 2 is 1.58 bits per heavy atom. The Labute approximate surface area is 283 Å². The van der Waals surface area contributed by atoms with Gasteiger partial charge in [0.2, 0.25) is 0 Å². The molecule has 8 nitrogen and oxygen atoms in total. The van der Waals surface area contributed by atoms with Crippen LogP contribution in [0.3, 0.4) is 0 Å². The molecule has 1 amide bonds. The maximum absolute atomic E-state index is 12.9. The van der Waals surface area contributed by atoms with E-state index in [0.29, 0.717) is 6.04 Å². The van der Waals surface area contributed by atoms with Crippen molar-refractivity contribution < 1.29 is 9.53 Å². The zero-order valence-electron chi connectivity index (χ0n) is 28.3. The molecule has 0 spiro atoms. The molecule has 0 bridgehead atoms. The number of hydrogen-bond donors (Lipinski definition) is 5. The molecule has 48 heavy (non-hydrogen) atoms. The summed E-state index contributed by atoms with van der Waals surface area (Å²) in [6.45, 7) is 6.79. The molecular weight excluding hydrogens is 596 g/mol. The Balaban J connectivity index is 1.01. The molecule has 8 heteroatoms. The molecule has 2 aliphatic heterocycles. The summed E-state index contributed by atoms with van der Waals surface area (Å²) < 4.78 is 5.67. The highest BCUT2D eigenvalue weighted by Crippen LogP contribution is 2.41. The van der Waals surface area contributed by atoms with E-state index in [4.69, 9.17) is 9.72 Å². The average Bonchev–Trinajstić information content (AvgIpc) is 3.84. The smallest absolute Gasteiger partial charge is 0.408 e. The molecule has 1 atom stereocenters. The fourth-order valence-electron chi connectivity index (χ4n) is 7.84. The molecule has 1 unspecified atom stereocenters. The van der Waals surface area contributed by atoms with Gasteiger partial charge >= 0.3 is 6.09 Å². The van der Waals surface area contributed by atoms with Crippen molar-refractivity contribution in [3.8, 4) is 33.5 Å². The number of imidazole rings is 1. The molecule has 8 rings (SSSR count). The first-order chi connectivity index (χ1) is 23.2. The van der Waals surface area contributed by atoms with Gasteiger partial charge in [0.05, 0.1) is 17.1 Å². The van der Waals surface area contributed by atoms with Gasteiger partial charge in [0.15, 0.2) is 0 Å². The van der Waals surface area contributed by atoms with Gasteiger partial charge in [0.25, 0.3) is 0 Å². The van der Waals surface area contributed by atoms with Crippen LogP contribution in [0.25, 0.3) is 33.5 Å². The number of nitrogens with one attached hydrogen (secondary N) is 5. The summed E-state index contributed by atoms with van der Waals surface area (Å²) in [5.74, 6) is 1.93. The van der Waals surface area contributed by atoms with Gasteiger partial charge in [-0.2, -0.15) is 0 Å². The fourth-order valence-corrected chi connectivity index (χ4v) is 7.84. The minimum atomic E-state index is -0.551. The molecule has 4 aromatic rings. The van der Waals surface area contributed by atoms with Crippen LogP contribution in [0.5, 0.6) is 0 Å². The summed E-state index contributed by atoms with van der Waals surface area (Å²) in [6.07, 6.45) is 11.1. The third-order valence-electron chi connectivity index (χ3n) is 10.3.